The number of amides is 1. The van der Waals surface area contributed by atoms with Crippen LogP contribution in [0.4, 0.5) is 0 Å². The average molecular weight is 348 g/mol. The fourth-order valence-corrected chi connectivity index (χ4v) is 2.06. The third-order valence-electron chi connectivity index (χ3n) is 3.41. The number of carbonyl (C=O) groups excluding carboxylic acids is 1. The van der Waals surface area contributed by atoms with Crippen molar-refractivity contribution >= 4 is 11.9 Å². The fourth-order valence-electron chi connectivity index (χ4n) is 2.06. The zero-order valence-electron chi connectivity index (χ0n) is 16.1. The summed E-state index contributed by atoms with van der Waals surface area (Å²) in [6.45, 7) is 12.8. The first-order chi connectivity index (χ1) is 11.9. The van der Waals surface area contributed by atoms with Gasteiger partial charge in [-0.15, -0.1) is 0 Å². The lowest BCUT2D eigenvalue weighted by Gasteiger charge is -2.18. The van der Waals surface area contributed by atoms with Gasteiger partial charge < -0.3 is 20.7 Å². The van der Waals surface area contributed by atoms with Gasteiger partial charge in [0.2, 0.25) is 5.91 Å². The maximum Gasteiger partial charge on any atom is 0.225 e. The molecule has 1 aromatic carbocycles. The largest absolute Gasteiger partial charge is 0.494 e. The van der Waals surface area contributed by atoms with E-state index in [0.717, 1.165) is 23.8 Å². The molecule has 0 radical (unpaired) electrons. The Kier molecular flexibility index (Phi) is 8.81. The second kappa shape index (κ2) is 10.6. The number of aliphatic imine (C=N–C) groups is 1. The van der Waals surface area contributed by atoms with Crippen LogP contribution in [0.1, 0.15) is 40.2 Å². The minimum Gasteiger partial charge on any atom is -0.494 e. The number of rotatable bonds is 8. The summed E-state index contributed by atoms with van der Waals surface area (Å²) in [5.41, 5.74) is 0.671. The summed E-state index contributed by atoms with van der Waals surface area (Å²) in [7, 11) is 0. The lowest BCUT2D eigenvalue weighted by molar-refractivity contribution is -0.128. The van der Waals surface area contributed by atoms with Gasteiger partial charge in [0.15, 0.2) is 5.96 Å². The van der Waals surface area contributed by atoms with Crippen LogP contribution in [0.25, 0.3) is 0 Å². The van der Waals surface area contributed by atoms with Crippen molar-refractivity contribution in [2.45, 2.75) is 41.2 Å². The summed E-state index contributed by atoms with van der Waals surface area (Å²) < 4.78 is 5.63. The van der Waals surface area contributed by atoms with Crippen LogP contribution in [-0.4, -0.2) is 38.1 Å². The number of benzene rings is 1. The molecular weight excluding hydrogens is 316 g/mol. The number of para-hydroxylation sites is 1. The van der Waals surface area contributed by atoms with Crippen molar-refractivity contribution in [2.24, 2.45) is 10.4 Å². The molecule has 0 aliphatic carbocycles. The Morgan fingerprint density at radius 2 is 1.76 bits per heavy atom. The van der Waals surface area contributed by atoms with E-state index in [2.05, 4.69) is 20.9 Å². The first-order valence-electron chi connectivity index (χ1n) is 8.89. The number of guanidine groups is 1. The summed E-state index contributed by atoms with van der Waals surface area (Å²) in [5.74, 6) is 1.63. The lowest BCUT2D eigenvalue weighted by atomic mass is 9.96. The normalized spacial score (nSPS) is 11.8. The predicted octanol–water partition coefficient (Wildman–Crippen LogP) is 2.30. The van der Waals surface area contributed by atoms with Gasteiger partial charge in [-0.05, 0) is 19.9 Å². The summed E-state index contributed by atoms with van der Waals surface area (Å²) in [4.78, 5) is 16.4. The average Bonchev–Trinajstić information content (AvgIpc) is 2.56. The Morgan fingerprint density at radius 3 is 2.40 bits per heavy atom. The third kappa shape index (κ3) is 7.92. The zero-order valence-corrected chi connectivity index (χ0v) is 16.1. The molecule has 0 heterocycles. The Morgan fingerprint density at radius 1 is 1.08 bits per heavy atom. The van der Waals surface area contributed by atoms with Crippen molar-refractivity contribution in [3.8, 4) is 5.75 Å². The van der Waals surface area contributed by atoms with E-state index in [1.165, 1.54) is 0 Å². The van der Waals surface area contributed by atoms with Gasteiger partial charge >= 0.3 is 0 Å². The van der Waals surface area contributed by atoms with Crippen LogP contribution in [0.15, 0.2) is 29.3 Å². The van der Waals surface area contributed by atoms with E-state index in [0.29, 0.717) is 26.2 Å². The summed E-state index contributed by atoms with van der Waals surface area (Å²) >= 11 is 0. The number of ether oxygens (including phenoxy) is 1. The van der Waals surface area contributed by atoms with E-state index in [1.54, 1.807) is 0 Å². The molecule has 0 aliphatic heterocycles. The second-order valence-electron chi connectivity index (χ2n) is 6.67. The number of hydrogen-bond donors (Lipinski definition) is 3. The van der Waals surface area contributed by atoms with E-state index in [1.807, 2.05) is 58.9 Å². The second-order valence-corrected chi connectivity index (χ2v) is 6.67. The Balaban J connectivity index is 2.56. The van der Waals surface area contributed by atoms with Gasteiger partial charge in [-0.25, -0.2) is 4.99 Å². The van der Waals surface area contributed by atoms with Crippen LogP contribution in [0.3, 0.4) is 0 Å². The Bertz CT molecular complexity index is 565. The van der Waals surface area contributed by atoms with Crippen LogP contribution in [0.2, 0.25) is 0 Å². The van der Waals surface area contributed by atoms with Gasteiger partial charge in [0, 0.05) is 30.6 Å². The maximum absolute atomic E-state index is 11.8. The van der Waals surface area contributed by atoms with Gasteiger partial charge in [-0.1, -0.05) is 39.0 Å². The molecule has 0 spiro atoms. The van der Waals surface area contributed by atoms with Gasteiger partial charge in [-0.2, -0.15) is 0 Å². The molecule has 0 bridgehead atoms. The third-order valence-corrected chi connectivity index (χ3v) is 3.41. The molecule has 1 amide bonds. The molecule has 0 saturated heterocycles. The molecule has 0 aromatic heterocycles. The summed E-state index contributed by atoms with van der Waals surface area (Å²) in [6.07, 6.45) is 0. The lowest BCUT2D eigenvalue weighted by Crippen LogP contribution is -2.43. The van der Waals surface area contributed by atoms with E-state index in [-0.39, 0.29) is 11.3 Å². The standard InChI is InChI=1S/C19H32N4O2/c1-6-20-18(22-13-12-21-17(24)19(3,4)5)23-14-15-10-8-9-11-16(15)25-7-2/h8-11H,6-7,12-14H2,1-5H3,(H,21,24)(H2,20,22,23). The van der Waals surface area contributed by atoms with E-state index in [4.69, 9.17) is 4.74 Å². The summed E-state index contributed by atoms with van der Waals surface area (Å²) in [5, 5.41) is 9.36. The molecule has 0 atom stereocenters. The zero-order chi connectivity index (χ0) is 18.7. The minimum atomic E-state index is -0.373. The van der Waals surface area contributed by atoms with Crippen molar-refractivity contribution in [3.63, 3.8) is 0 Å². The minimum absolute atomic E-state index is 0.0434. The molecule has 3 N–H and O–H groups in total. The van der Waals surface area contributed by atoms with Crippen LogP contribution in [0.5, 0.6) is 5.75 Å². The first kappa shape index (κ1) is 20.8. The van der Waals surface area contributed by atoms with Gasteiger partial charge in [-0.3, -0.25) is 4.79 Å². The van der Waals surface area contributed by atoms with Crippen molar-refractivity contribution in [1.29, 1.82) is 0 Å². The molecule has 0 aliphatic rings. The number of hydrogen-bond acceptors (Lipinski definition) is 3. The van der Waals surface area contributed by atoms with Crippen molar-refractivity contribution in [2.75, 3.05) is 26.2 Å². The van der Waals surface area contributed by atoms with E-state index in [9.17, 15) is 4.79 Å². The van der Waals surface area contributed by atoms with Gasteiger partial charge in [0.25, 0.3) is 0 Å². The predicted molar refractivity (Wildman–Crippen MR) is 103 cm³/mol. The quantitative estimate of drug-likeness (QED) is 0.383. The summed E-state index contributed by atoms with van der Waals surface area (Å²) in [6, 6.07) is 7.91. The first-order valence-corrected chi connectivity index (χ1v) is 8.89. The Labute approximate surface area is 151 Å². The molecule has 0 saturated carbocycles. The van der Waals surface area contributed by atoms with Crippen molar-refractivity contribution in [3.05, 3.63) is 29.8 Å². The van der Waals surface area contributed by atoms with E-state index < -0.39 is 0 Å². The van der Waals surface area contributed by atoms with Crippen LogP contribution >= 0.6 is 0 Å². The smallest absolute Gasteiger partial charge is 0.225 e. The number of nitrogens with one attached hydrogen (secondary N) is 3. The van der Waals surface area contributed by atoms with Gasteiger partial charge in [0.05, 0.1) is 13.2 Å². The maximum atomic E-state index is 11.8. The van der Waals surface area contributed by atoms with Crippen LogP contribution in [-0.2, 0) is 11.3 Å². The SMILES string of the molecule is CCNC(=NCc1ccccc1OCC)NCCNC(=O)C(C)(C)C. The highest BCUT2D eigenvalue weighted by Crippen LogP contribution is 2.18. The van der Waals surface area contributed by atoms with E-state index >= 15 is 0 Å². The number of nitrogens with zero attached hydrogens (tertiary/aromatic N) is 1. The molecule has 140 valence electrons. The highest BCUT2D eigenvalue weighted by molar-refractivity contribution is 5.81. The van der Waals surface area contributed by atoms with Gasteiger partial charge in [0.1, 0.15) is 5.75 Å². The topological polar surface area (TPSA) is 74.8 Å². The molecule has 0 unspecified atom stereocenters. The molecule has 0 fully saturated rings. The molecule has 6 nitrogen and oxygen atoms in total. The Hall–Kier alpha value is -2.24. The molecule has 6 heteroatoms. The van der Waals surface area contributed by atoms with Crippen molar-refractivity contribution < 1.29 is 9.53 Å². The van der Waals surface area contributed by atoms with Crippen molar-refractivity contribution in [1.82, 2.24) is 16.0 Å². The molecule has 1 aromatic rings. The fraction of sp³-hybridized carbons (Fsp3) is 0.579. The highest BCUT2D eigenvalue weighted by atomic mass is 16.5. The molecule has 1 rings (SSSR count). The monoisotopic (exact) mass is 348 g/mol. The van der Waals surface area contributed by atoms with Crippen LogP contribution in [0, 0.1) is 5.41 Å². The molecular formula is C19H32N4O2. The molecule has 25 heavy (non-hydrogen) atoms. The highest BCUT2D eigenvalue weighted by Gasteiger charge is 2.20. The number of carbonyl (C=O) groups is 1. The van der Waals surface area contributed by atoms with Crippen LogP contribution < -0.4 is 20.7 Å².